The van der Waals surface area contributed by atoms with Crippen LogP contribution < -0.4 is 15.4 Å². The fraction of sp³-hybridized carbons (Fsp3) is 0.188. The van der Waals surface area contributed by atoms with Crippen LogP contribution in [-0.4, -0.2) is 28.8 Å². The van der Waals surface area contributed by atoms with Gasteiger partial charge >= 0.3 is 7.60 Å². The lowest BCUT2D eigenvalue weighted by molar-refractivity contribution is -0.125. The van der Waals surface area contributed by atoms with Gasteiger partial charge in [0.1, 0.15) is 11.1 Å². The second-order valence-electron chi connectivity index (χ2n) is 5.29. The Hall–Kier alpha value is -1.80. The van der Waals surface area contributed by atoms with Gasteiger partial charge in [-0.3, -0.25) is 9.36 Å². The minimum absolute atomic E-state index is 0.185. The Balaban J connectivity index is 1.94. The van der Waals surface area contributed by atoms with Crippen LogP contribution in [0, 0.1) is 0 Å². The number of ether oxygens (including phenoxy) is 1. The Morgan fingerprint density at radius 1 is 1.15 bits per heavy atom. The first kappa shape index (κ1) is 20.5. The van der Waals surface area contributed by atoms with E-state index in [1.165, 1.54) is 42.5 Å². The molecule has 0 saturated heterocycles. The van der Waals surface area contributed by atoms with E-state index >= 15 is 0 Å². The Morgan fingerprint density at radius 3 is 2.38 bits per heavy atom. The number of para-hydroxylation sites is 1. The maximum absolute atomic E-state index is 14.1. The van der Waals surface area contributed by atoms with Gasteiger partial charge in [0.25, 0.3) is 11.8 Å². The van der Waals surface area contributed by atoms with Crippen LogP contribution in [0.3, 0.4) is 0 Å². The molecule has 6 nitrogen and oxygen atoms in total. The number of hydrogen-bond acceptors (Lipinski definition) is 3. The van der Waals surface area contributed by atoms with E-state index in [1.807, 2.05) is 5.32 Å². The number of halogens is 3. The summed E-state index contributed by atoms with van der Waals surface area (Å²) in [5.74, 6) is -4.31. The highest BCUT2D eigenvalue weighted by Crippen LogP contribution is 2.37. The quantitative estimate of drug-likeness (QED) is 0.564. The van der Waals surface area contributed by atoms with Gasteiger partial charge in [0, 0.05) is 10.0 Å². The highest BCUT2D eigenvalue weighted by molar-refractivity contribution is 9.10. The summed E-state index contributed by atoms with van der Waals surface area (Å²) >= 11 is 3.15. The van der Waals surface area contributed by atoms with Crippen LogP contribution in [0.25, 0.3) is 0 Å². The summed E-state index contributed by atoms with van der Waals surface area (Å²) in [4.78, 5) is 30.2. The minimum atomic E-state index is -4.58. The maximum atomic E-state index is 14.1. The topological polar surface area (TPSA) is 95.9 Å². The van der Waals surface area contributed by atoms with Gasteiger partial charge in [-0.25, -0.2) is 0 Å². The summed E-state index contributed by atoms with van der Waals surface area (Å²) in [5, 5.41) is 1.66. The Labute approximate surface area is 156 Å². The molecule has 0 unspecified atom stereocenters. The first-order valence-electron chi connectivity index (χ1n) is 7.28. The van der Waals surface area contributed by atoms with Crippen molar-refractivity contribution in [1.82, 2.24) is 5.32 Å². The Kier molecular flexibility index (Phi) is 6.52. The van der Waals surface area contributed by atoms with Crippen molar-refractivity contribution in [3.63, 3.8) is 0 Å². The predicted molar refractivity (Wildman–Crippen MR) is 94.7 cm³/mol. The second-order valence-corrected chi connectivity index (χ2v) is 7.77. The summed E-state index contributed by atoms with van der Waals surface area (Å²) in [6.07, 6.45) is 0. The standard InChI is InChI=1S/C16H15BrF2NO5P/c17-12-7-5-11(6-8-12)16(18,19)10-20-15(21)9-25-13-3-1-2-4-14(13)26(22,23)24/h1-8H,9-10H2,(H,20,21)(H2,22,23,24). The maximum Gasteiger partial charge on any atom is 0.359 e. The molecule has 0 spiro atoms. The molecule has 2 aromatic rings. The van der Waals surface area contributed by atoms with Crippen LogP contribution in [0.15, 0.2) is 53.0 Å². The average molecular weight is 450 g/mol. The predicted octanol–water partition coefficient (Wildman–Crippen LogP) is 2.54. The molecule has 0 bridgehead atoms. The second kappa shape index (κ2) is 8.26. The van der Waals surface area contributed by atoms with E-state index in [1.54, 1.807) is 0 Å². The van der Waals surface area contributed by atoms with Gasteiger partial charge in [-0.2, -0.15) is 8.78 Å². The monoisotopic (exact) mass is 449 g/mol. The van der Waals surface area contributed by atoms with Crippen LogP contribution in [0.5, 0.6) is 5.75 Å². The summed E-state index contributed by atoms with van der Waals surface area (Å²) in [7, 11) is -4.58. The number of alkyl halides is 2. The van der Waals surface area contributed by atoms with Gasteiger partial charge in [0.15, 0.2) is 6.61 Å². The van der Waals surface area contributed by atoms with E-state index in [2.05, 4.69) is 15.9 Å². The SMILES string of the molecule is O=C(COc1ccccc1P(=O)(O)O)NCC(F)(F)c1ccc(Br)cc1. The van der Waals surface area contributed by atoms with Gasteiger partial charge < -0.3 is 19.8 Å². The Bertz CT molecular complexity index is 826. The lowest BCUT2D eigenvalue weighted by atomic mass is 10.1. The fourth-order valence-corrected chi connectivity index (χ4v) is 2.99. The van der Waals surface area contributed by atoms with Gasteiger partial charge in [0.2, 0.25) is 0 Å². The van der Waals surface area contributed by atoms with E-state index in [-0.39, 0.29) is 16.6 Å². The lowest BCUT2D eigenvalue weighted by Crippen LogP contribution is -2.37. The molecule has 0 aromatic heterocycles. The molecule has 0 aliphatic carbocycles. The summed E-state index contributed by atoms with van der Waals surface area (Å²) < 4.78 is 45.2. The third-order valence-corrected chi connectivity index (χ3v) is 4.84. The smallest absolute Gasteiger partial charge is 0.359 e. The van der Waals surface area contributed by atoms with Crippen LogP contribution in [-0.2, 0) is 15.3 Å². The molecule has 0 aliphatic rings. The van der Waals surface area contributed by atoms with Crippen molar-refractivity contribution < 1.29 is 32.7 Å². The number of carbonyl (C=O) groups excluding carboxylic acids is 1. The van der Waals surface area contributed by atoms with Crippen molar-refractivity contribution in [3.05, 3.63) is 58.6 Å². The highest BCUT2D eigenvalue weighted by Gasteiger charge is 2.32. The zero-order valence-electron chi connectivity index (χ0n) is 13.2. The van der Waals surface area contributed by atoms with Gasteiger partial charge in [0.05, 0.1) is 6.54 Å². The lowest BCUT2D eigenvalue weighted by Gasteiger charge is -2.18. The number of amides is 1. The number of nitrogens with one attached hydrogen (secondary N) is 1. The molecule has 1 amide bonds. The van der Waals surface area contributed by atoms with Crippen LogP contribution in [0.2, 0.25) is 0 Å². The molecule has 0 aliphatic heterocycles. The molecule has 10 heteroatoms. The van der Waals surface area contributed by atoms with E-state index < -0.39 is 32.6 Å². The van der Waals surface area contributed by atoms with Gasteiger partial charge in [-0.05, 0) is 24.3 Å². The van der Waals surface area contributed by atoms with Crippen LogP contribution >= 0.6 is 23.5 Å². The molecule has 0 radical (unpaired) electrons. The first-order valence-corrected chi connectivity index (χ1v) is 9.68. The van der Waals surface area contributed by atoms with Gasteiger partial charge in [-0.15, -0.1) is 0 Å². The van der Waals surface area contributed by atoms with Crippen molar-refractivity contribution in [3.8, 4) is 5.75 Å². The largest absolute Gasteiger partial charge is 0.483 e. The number of hydrogen-bond donors (Lipinski definition) is 3. The average Bonchev–Trinajstić information content (AvgIpc) is 2.58. The molecular weight excluding hydrogens is 435 g/mol. The van der Waals surface area contributed by atoms with Crippen molar-refractivity contribution in [2.24, 2.45) is 0 Å². The van der Waals surface area contributed by atoms with Crippen LogP contribution in [0.4, 0.5) is 8.78 Å². The Morgan fingerprint density at radius 2 is 1.77 bits per heavy atom. The molecule has 3 N–H and O–H groups in total. The van der Waals surface area contributed by atoms with E-state index in [0.29, 0.717) is 4.47 Å². The van der Waals surface area contributed by atoms with Crippen molar-refractivity contribution in [2.45, 2.75) is 5.92 Å². The van der Waals surface area contributed by atoms with Crippen LogP contribution in [0.1, 0.15) is 5.56 Å². The fourth-order valence-electron chi connectivity index (χ4n) is 2.02. The zero-order valence-corrected chi connectivity index (χ0v) is 15.7. The van der Waals surface area contributed by atoms with E-state index in [0.717, 1.165) is 6.07 Å². The van der Waals surface area contributed by atoms with Crippen molar-refractivity contribution >= 4 is 34.7 Å². The summed E-state index contributed by atoms with van der Waals surface area (Å²) in [6, 6.07) is 10.7. The number of rotatable bonds is 7. The third kappa shape index (κ3) is 5.60. The molecule has 0 saturated carbocycles. The van der Waals surface area contributed by atoms with Crippen molar-refractivity contribution in [2.75, 3.05) is 13.2 Å². The molecular formula is C16H15BrF2NO5P. The minimum Gasteiger partial charge on any atom is -0.483 e. The highest BCUT2D eigenvalue weighted by atomic mass is 79.9. The van der Waals surface area contributed by atoms with E-state index in [9.17, 15) is 27.9 Å². The summed E-state index contributed by atoms with van der Waals surface area (Å²) in [5.41, 5.74) is -0.256. The molecule has 2 rings (SSSR count). The number of carbonyl (C=O) groups is 1. The molecule has 140 valence electrons. The van der Waals surface area contributed by atoms with E-state index in [4.69, 9.17) is 4.74 Å². The molecule has 26 heavy (non-hydrogen) atoms. The molecule has 0 fully saturated rings. The molecule has 0 heterocycles. The molecule has 2 aromatic carbocycles. The normalized spacial score (nSPS) is 11.9. The van der Waals surface area contributed by atoms with Gasteiger partial charge in [-0.1, -0.05) is 40.2 Å². The summed E-state index contributed by atoms with van der Waals surface area (Å²) in [6.45, 7) is -1.59. The third-order valence-electron chi connectivity index (χ3n) is 3.31. The number of benzene rings is 2. The van der Waals surface area contributed by atoms with Crippen molar-refractivity contribution in [1.29, 1.82) is 0 Å². The molecule has 0 atom stereocenters. The zero-order chi connectivity index (χ0) is 19.4. The first-order chi connectivity index (χ1) is 12.1.